The lowest BCUT2D eigenvalue weighted by molar-refractivity contribution is -0.143. The third-order valence-electron chi connectivity index (χ3n) is 5.26. The van der Waals surface area contributed by atoms with Gasteiger partial charge in [-0.2, -0.15) is 18.3 Å². The maximum atomic E-state index is 12.9. The van der Waals surface area contributed by atoms with Gasteiger partial charge in [-0.05, 0) is 50.3 Å². The van der Waals surface area contributed by atoms with Gasteiger partial charge in [0.15, 0.2) is 5.82 Å². The number of rotatable bonds is 5. The predicted octanol–water partition coefficient (Wildman–Crippen LogP) is 4.10. The number of aromatic nitrogens is 3. The molecule has 140 valence electrons. The Morgan fingerprint density at radius 1 is 0.962 bits per heavy atom. The third-order valence-corrected chi connectivity index (χ3v) is 5.26. The first-order chi connectivity index (χ1) is 12.5. The molecule has 2 fully saturated rings. The van der Waals surface area contributed by atoms with Gasteiger partial charge < -0.3 is 0 Å². The third kappa shape index (κ3) is 4.26. The van der Waals surface area contributed by atoms with E-state index in [1.54, 1.807) is 0 Å². The number of alkyl halides is 3. The van der Waals surface area contributed by atoms with E-state index in [4.69, 9.17) is 0 Å². The van der Waals surface area contributed by atoms with Gasteiger partial charge in [-0.3, -0.25) is 4.90 Å². The fourth-order valence-corrected chi connectivity index (χ4v) is 3.67. The van der Waals surface area contributed by atoms with Crippen molar-refractivity contribution in [3.63, 3.8) is 0 Å². The lowest BCUT2D eigenvalue weighted by Gasteiger charge is -2.31. The first kappa shape index (κ1) is 17.5. The van der Waals surface area contributed by atoms with Crippen molar-refractivity contribution in [2.45, 2.75) is 56.8 Å². The Hall–Kier alpha value is -1.89. The minimum absolute atomic E-state index is 0.257. The number of hydrogen-bond donors (Lipinski definition) is 0. The van der Waals surface area contributed by atoms with Gasteiger partial charge >= 0.3 is 6.18 Å². The maximum Gasteiger partial charge on any atom is 0.408 e. The molecule has 1 aliphatic heterocycles. The topological polar surface area (TPSA) is 34.0 Å². The summed E-state index contributed by atoms with van der Waals surface area (Å²) in [5, 5.41) is 4.14. The van der Waals surface area contributed by atoms with Crippen LogP contribution in [0.4, 0.5) is 13.2 Å². The molecular weight excluding hydrogens is 341 g/mol. The SMILES string of the molecule is FC(F)(F)Cn1nc(C2CC2)nc1CN1CCC(c2ccccc2)CC1. The van der Waals surface area contributed by atoms with Crippen LogP contribution in [0.1, 0.15) is 54.7 Å². The molecule has 7 heteroatoms. The zero-order valence-electron chi connectivity index (χ0n) is 14.6. The zero-order chi connectivity index (χ0) is 18.1. The quantitative estimate of drug-likeness (QED) is 0.801. The Kier molecular flexibility index (Phi) is 4.73. The van der Waals surface area contributed by atoms with Gasteiger partial charge in [0.25, 0.3) is 0 Å². The first-order valence-corrected chi connectivity index (χ1v) is 9.25. The maximum absolute atomic E-state index is 12.9. The molecule has 26 heavy (non-hydrogen) atoms. The van der Waals surface area contributed by atoms with Crippen molar-refractivity contribution in [1.82, 2.24) is 19.7 Å². The van der Waals surface area contributed by atoms with Crippen LogP contribution in [0.2, 0.25) is 0 Å². The van der Waals surface area contributed by atoms with Gasteiger partial charge in [0.1, 0.15) is 12.4 Å². The van der Waals surface area contributed by atoms with Crippen LogP contribution in [0.5, 0.6) is 0 Å². The summed E-state index contributed by atoms with van der Waals surface area (Å²) in [7, 11) is 0. The van der Waals surface area contributed by atoms with Crippen molar-refractivity contribution >= 4 is 0 Å². The molecule has 1 saturated carbocycles. The summed E-state index contributed by atoms with van der Waals surface area (Å²) in [5.41, 5.74) is 1.35. The molecule has 4 rings (SSSR count). The number of piperidine rings is 1. The second-order valence-corrected chi connectivity index (χ2v) is 7.39. The van der Waals surface area contributed by atoms with Crippen molar-refractivity contribution in [2.24, 2.45) is 0 Å². The fraction of sp³-hybridized carbons (Fsp3) is 0.579. The first-order valence-electron chi connectivity index (χ1n) is 9.25. The molecule has 2 aliphatic rings. The zero-order valence-corrected chi connectivity index (χ0v) is 14.6. The highest BCUT2D eigenvalue weighted by Crippen LogP contribution is 2.38. The van der Waals surface area contributed by atoms with E-state index in [0.717, 1.165) is 43.5 Å². The van der Waals surface area contributed by atoms with Crippen molar-refractivity contribution in [1.29, 1.82) is 0 Å². The average Bonchev–Trinajstić information content (AvgIpc) is 3.39. The minimum atomic E-state index is -4.27. The Balaban J connectivity index is 1.41. The van der Waals surface area contributed by atoms with Crippen LogP contribution in [-0.2, 0) is 13.1 Å². The molecule has 0 amide bonds. The summed E-state index contributed by atoms with van der Waals surface area (Å²) in [5.74, 6) is 1.82. The number of benzene rings is 1. The van der Waals surface area contributed by atoms with Crippen molar-refractivity contribution in [3.8, 4) is 0 Å². The van der Waals surface area contributed by atoms with E-state index in [0.29, 0.717) is 24.1 Å². The molecule has 0 unspecified atom stereocenters. The lowest BCUT2D eigenvalue weighted by Crippen LogP contribution is -2.34. The summed E-state index contributed by atoms with van der Waals surface area (Å²) in [6.45, 7) is 1.13. The minimum Gasteiger partial charge on any atom is -0.296 e. The van der Waals surface area contributed by atoms with Crippen LogP contribution in [0, 0.1) is 0 Å². The molecule has 0 bridgehead atoms. The number of hydrogen-bond acceptors (Lipinski definition) is 3. The number of likely N-dealkylation sites (tertiary alicyclic amines) is 1. The van der Waals surface area contributed by atoms with E-state index in [1.807, 2.05) is 6.07 Å². The van der Waals surface area contributed by atoms with Gasteiger partial charge in [0.05, 0.1) is 6.54 Å². The molecule has 1 aromatic carbocycles. The van der Waals surface area contributed by atoms with E-state index in [2.05, 4.69) is 39.2 Å². The van der Waals surface area contributed by atoms with E-state index in [-0.39, 0.29) is 5.92 Å². The highest BCUT2D eigenvalue weighted by molar-refractivity contribution is 5.20. The Morgan fingerprint density at radius 3 is 2.27 bits per heavy atom. The summed E-state index contributed by atoms with van der Waals surface area (Å²) < 4.78 is 39.7. The van der Waals surface area contributed by atoms with Gasteiger partial charge in [-0.25, -0.2) is 9.67 Å². The van der Waals surface area contributed by atoms with Crippen LogP contribution in [0.15, 0.2) is 30.3 Å². The Morgan fingerprint density at radius 2 is 1.65 bits per heavy atom. The molecule has 1 aromatic heterocycles. The van der Waals surface area contributed by atoms with Crippen LogP contribution in [0.25, 0.3) is 0 Å². The van der Waals surface area contributed by atoms with Crippen molar-refractivity contribution in [2.75, 3.05) is 13.1 Å². The predicted molar refractivity (Wildman–Crippen MR) is 91.7 cm³/mol. The van der Waals surface area contributed by atoms with Gasteiger partial charge in [0, 0.05) is 5.92 Å². The van der Waals surface area contributed by atoms with E-state index < -0.39 is 12.7 Å². The summed E-state index contributed by atoms with van der Waals surface area (Å²) in [4.78, 5) is 6.64. The Labute approximate surface area is 151 Å². The van der Waals surface area contributed by atoms with Crippen LogP contribution in [-0.4, -0.2) is 38.9 Å². The summed E-state index contributed by atoms with van der Waals surface area (Å²) in [6, 6.07) is 10.4. The molecule has 2 heterocycles. The van der Waals surface area contributed by atoms with E-state index >= 15 is 0 Å². The van der Waals surface area contributed by atoms with Gasteiger partial charge in [-0.1, -0.05) is 30.3 Å². The molecular formula is C19H23F3N4. The monoisotopic (exact) mass is 364 g/mol. The fourth-order valence-electron chi connectivity index (χ4n) is 3.67. The molecule has 0 N–H and O–H groups in total. The molecule has 0 radical (unpaired) electrons. The van der Waals surface area contributed by atoms with Gasteiger partial charge in [-0.15, -0.1) is 0 Å². The second-order valence-electron chi connectivity index (χ2n) is 7.39. The molecule has 1 aliphatic carbocycles. The molecule has 4 nitrogen and oxygen atoms in total. The van der Waals surface area contributed by atoms with Crippen molar-refractivity contribution in [3.05, 3.63) is 47.5 Å². The Bertz CT molecular complexity index is 729. The van der Waals surface area contributed by atoms with Gasteiger partial charge in [0.2, 0.25) is 0 Å². The van der Waals surface area contributed by atoms with E-state index in [1.165, 1.54) is 5.56 Å². The van der Waals surface area contributed by atoms with E-state index in [9.17, 15) is 13.2 Å². The molecule has 0 atom stereocenters. The van der Waals surface area contributed by atoms with Crippen LogP contribution < -0.4 is 0 Å². The smallest absolute Gasteiger partial charge is 0.296 e. The van der Waals surface area contributed by atoms with Crippen LogP contribution in [0.3, 0.4) is 0 Å². The molecule has 2 aromatic rings. The largest absolute Gasteiger partial charge is 0.408 e. The summed E-state index contributed by atoms with van der Waals surface area (Å²) in [6.07, 6.45) is -0.265. The normalized spacial score (nSPS) is 19.8. The second kappa shape index (κ2) is 7.02. The standard InChI is InChI=1S/C19H23F3N4/c20-19(21,22)13-26-17(23-18(24-26)16-6-7-16)12-25-10-8-15(9-11-25)14-4-2-1-3-5-14/h1-5,15-16H,6-13H2. The summed E-state index contributed by atoms with van der Waals surface area (Å²) >= 11 is 0. The highest BCUT2D eigenvalue weighted by Gasteiger charge is 2.34. The molecule has 0 spiro atoms. The van der Waals surface area contributed by atoms with Crippen LogP contribution >= 0.6 is 0 Å². The van der Waals surface area contributed by atoms with Crippen molar-refractivity contribution < 1.29 is 13.2 Å². The number of nitrogens with zero attached hydrogens (tertiary/aromatic N) is 4. The lowest BCUT2D eigenvalue weighted by atomic mass is 9.89. The average molecular weight is 364 g/mol. The highest BCUT2D eigenvalue weighted by atomic mass is 19.4. The molecule has 1 saturated heterocycles. The number of halogens is 3.